The Morgan fingerprint density at radius 1 is 0.933 bits per heavy atom. The van der Waals surface area contributed by atoms with Crippen LogP contribution in [0, 0.1) is 0 Å². The van der Waals surface area contributed by atoms with Crippen LogP contribution in [0.2, 0.25) is 0 Å². The van der Waals surface area contributed by atoms with E-state index in [0.29, 0.717) is 0 Å². The first-order chi connectivity index (χ1) is 12.7. The monoisotopic (exact) mass is 472 g/mol. The van der Waals surface area contributed by atoms with Crippen molar-refractivity contribution in [2.24, 2.45) is 0 Å². The summed E-state index contributed by atoms with van der Waals surface area (Å²) in [4.78, 5) is 2.15. The second-order valence-electron chi connectivity index (χ2n) is 9.92. The molecule has 0 unspecified atom stereocenters. The Balaban J connectivity index is 0.00000420. The van der Waals surface area contributed by atoms with E-state index in [4.69, 9.17) is 0 Å². The lowest BCUT2D eigenvalue weighted by Crippen LogP contribution is -2.45. The van der Waals surface area contributed by atoms with Crippen molar-refractivity contribution in [3.05, 3.63) is 28.8 Å². The molecule has 0 radical (unpaired) electrons. The minimum absolute atomic E-state index is 0. The SMILES string of the molecule is CC(C)(C)c1cc([C@H](CCC(F)(F)F)N2CCNCC2)cc(C(C)(C)C)c1O.Cl.Cl. The zero-order chi connectivity index (χ0) is 21.3. The van der Waals surface area contributed by atoms with Crippen molar-refractivity contribution in [1.82, 2.24) is 10.2 Å². The van der Waals surface area contributed by atoms with Gasteiger partial charge in [0.15, 0.2) is 0 Å². The van der Waals surface area contributed by atoms with Crippen molar-refractivity contribution < 1.29 is 18.3 Å². The van der Waals surface area contributed by atoms with E-state index in [-0.39, 0.29) is 53.9 Å². The topological polar surface area (TPSA) is 35.5 Å². The summed E-state index contributed by atoms with van der Waals surface area (Å²) in [6, 6.07) is 3.54. The van der Waals surface area contributed by atoms with Gasteiger partial charge in [0.05, 0.1) is 0 Å². The number of hydrogen-bond acceptors (Lipinski definition) is 3. The molecule has 2 rings (SSSR count). The number of aromatic hydroxyl groups is 1. The number of nitrogens with zero attached hydrogens (tertiary/aromatic N) is 1. The standard InChI is InChI=1S/C22H35F3N2O.2ClH/c1-20(2,3)16-13-15(14-17(19(16)28)21(4,5)6)18(7-8-22(23,24)25)27-11-9-26-10-12-27;;/h13-14,18,26,28H,7-12H2,1-6H3;2*1H/t18-;;/m0../s1. The largest absolute Gasteiger partial charge is 0.507 e. The number of piperazine rings is 1. The molecule has 0 spiro atoms. The van der Waals surface area contributed by atoms with E-state index in [1.165, 1.54) is 0 Å². The lowest BCUT2D eigenvalue weighted by Gasteiger charge is -2.37. The first kappa shape index (κ1) is 29.3. The van der Waals surface area contributed by atoms with E-state index < -0.39 is 12.6 Å². The van der Waals surface area contributed by atoms with E-state index >= 15 is 0 Å². The fraction of sp³-hybridized carbons (Fsp3) is 0.727. The van der Waals surface area contributed by atoms with Crippen molar-refractivity contribution in [2.75, 3.05) is 26.2 Å². The number of rotatable bonds is 4. The van der Waals surface area contributed by atoms with Crippen LogP contribution < -0.4 is 5.32 Å². The number of nitrogens with one attached hydrogen (secondary N) is 1. The molecule has 1 fully saturated rings. The van der Waals surface area contributed by atoms with Gasteiger partial charge in [0.2, 0.25) is 0 Å². The summed E-state index contributed by atoms with van der Waals surface area (Å²) >= 11 is 0. The lowest BCUT2D eigenvalue weighted by molar-refractivity contribution is -0.138. The molecular weight excluding hydrogens is 436 g/mol. The van der Waals surface area contributed by atoms with Gasteiger partial charge in [-0.15, -0.1) is 24.8 Å². The molecule has 8 heteroatoms. The Hall–Kier alpha value is -0.690. The third-order valence-corrected chi connectivity index (χ3v) is 5.43. The van der Waals surface area contributed by atoms with Crippen molar-refractivity contribution in [3.8, 4) is 5.75 Å². The molecule has 1 aliphatic heterocycles. The molecule has 0 bridgehead atoms. The van der Waals surface area contributed by atoms with Gasteiger partial charge in [0, 0.05) is 38.6 Å². The molecule has 0 amide bonds. The number of benzene rings is 1. The maximum absolute atomic E-state index is 13.0. The summed E-state index contributed by atoms with van der Waals surface area (Å²) in [5, 5.41) is 14.2. The Morgan fingerprint density at radius 3 is 1.73 bits per heavy atom. The molecule has 3 nitrogen and oxygen atoms in total. The molecule has 1 heterocycles. The molecule has 1 saturated heterocycles. The number of alkyl halides is 3. The highest BCUT2D eigenvalue weighted by Crippen LogP contribution is 2.42. The van der Waals surface area contributed by atoms with Crippen molar-refractivity contribution in [2.45, 2.75) is 77.4 Å². The summed E-state index contributed by atoms with van der Waals surface area (Å²) < 4.78 is 39.1. The first-order valence-electron chi connectivity index (χ1n) is 10.1. The Kier molecular flexibility index (Phi) is 10.5. The Morgan fingerprint density at radius 2 is 1.37 bits per heavy atom. The van der Waals surface area contributed by atoms with Crippen LogP contribution in [0.3, 0.4) is 0 Å². The van der Waals surface area contributed by atoms with Crippen LogP contribution in [0.15, 0.2) is 12.1 Å². The van der Waals surface area contributed by atoms with Crippen LogP contribution in [0.1, 0.15) is 77.1 Å². The Labute approximate surface area is 191 Å². The van der Waals surface area contributed by atoms with Gasteiger partial charge < -0.3 is 10.4 Å². The predicted octanol–water partition coefficient (Wildman–Crippen LogP) is 6.12. The highest BCUT2D eigenvalue weighted by Gasteiger charge is 2.33. The van der Waals surface area contributed by atoms with E-state index in [1.54, 1.807) is 0 Å². The van der Waals surface area contributed by atoms with Gasteiger partial charge in [0.1, 0.15) is 5.75 Å². The van der Waals surface area contributed by atoms with Crippen LogP contribution in [-0.4, -0.2) is 42.4 Å². The molecule has 1 aromatic rings. The third-order valence-electron chi connectivity index (χ3n) is 5.43. The van der Waals surface area contributed by atoms with Gasteiger partial charge in [-0.25, -0.2) is 0 Å². The normalized spacial score (nSPS) is 17.1. The van der Waals surface area contributed by atoms with E-state index in [0.717, 1.165) is 42.9 Å². The number of phenols is 1. The first-order valence-corrected chi connectivity index (χ1v) is 10.1. The molecule has 1 atom stereocenters. The van der Waals surface area contributed by atoms with E-state index in [1.807, 2.05) is 53.7 Å². The minimum Gasteiger partial charge on any atom is -0.507 e. The summed E-state index contributed by atoms with van der Waals surface area (Å²) in [6.45, 7) is 15.1. The minimum atomic E-state index is -4.18. The summed E-state index contributed by atoms with van der Waals surface area (Å²) in [6.07, 6.45) is -4.96. The number of hydrogen-bond donors (Lipinski definition) is 2. The maximum atomic E-state index is 13.0. The Bertz CT molecular complexity index is 641. The maximum Gasteiger partial charge on any atom is 0.389 e. The van der Waals surface area contributed by atoms with Gasteiger partial charge in [-0.3, -0.25) is 4.90 Å². The quantitative estimate of drug-likeness (QED) is 0.553. The molecule has 1 aromatic carbocycles. The fourth-order valence-electron chi connectivity index (χ4n) is 3.85. The third kappa shape index (κ3) is 7.77. The molecule has 0 saturated carbocycles. The van der Waals surface area contributed by atoms with Gasteiger partial charge in [-0.05, 0) is 46.1 Å². The average Bonchev–Trinajstić information content (AvgIpc) is 2.54. The second-order valence-corrected chi connectivity index (χ2v) is 9.92. The molecule has 2 N–H and O–H groups in total. The van der Waals surface area contributed by atoms with Crippen molar-refractivity contribution >= 4 is 24.8 Å². The summed E-state index contributed by atoms with van der Waals surface area (Å²) in [5.41, 5.74) is 1.85. The van der Waals surface area contributed by atoms with Crippen molar-refractivity contribution in [1.29, 1.82) is 0 Å². The van der Waals surface area contributed by atoms with E-state index in [9.17, 15) is 18.3 Å². The average molecular weight is 473 g/mol. The zero-order valence-electron chi connectivity index (χ0n) is 18.8. The van der Waals surface area contributed by atoms with Crippen LogP contribution in [0.4, 0.5) is 13.2 Å². The van der Waals surface area contributed by atoms with Gasteiger partial charge in [-0.1, -0.05) is 41.5 Å². The van der Waals surface area contributed by atoms with E-state index in [2.05, 4.69) is 10.2 Å². The lowest BCUT2D eigenvalue weighted by atomic mass is 9.77. The smallest absolute Gasteiger partial charge is 0.389 e. The van der Waals surface area contributed by atoms with Crippen LogP contribution in [0.5, 0.6) is 5.75 Å². The highest BCUT2D eigenvalue weighted by atomic mass is 35.5. The number of halogens is 5. The predicted molar refractivity (Wildman–Crippen MR) is 122 cm³/mol. The van der Waals surface area contributed by atoms with Gasteiger partial charge >= 0.3 is 6.18 Å². The molecule has 1 aliphatic rings. The van der Waals surface area contributed by atoms with Gasteiger partial charge in [-0.2, -0.15) is 13.2 Å². The molecule has 30 heavy (non-hydrogen) atoms. The fourth-order valence-corrected chi connectivity index (χ4v) is 3.85. The summed E-state index contributed by atoms with van der Waals surface area (Å²) in [5.74, 6) is 0.263. The number of phenolic OH excluding ortho intramolecular Hbond substituents is 1. The van der Waals surface area contributed by atoms with Crippen LogP contribution in [0.25, 0.3) is 0 Å². The van der Waals surface area contributed by atoms with Crippen LogP contribution >= 0.6 is 24.8 Å². The molecule has 0 aromatic heterocycles. The second kappa shape index (κ2) is 10.8. The molecule has 0 aliphatic carbocycles. The molecular formula is C22H37Cl2F3N2O. The molecule has 176 valence electrons. The van der Waals surface area contributed by atoms with Crippen molar-refractivity contribution in [3.63, 3.8) is 0 Å². The summed E-state index contributed by atoms with van der Waals surface area (Å²) in [7, 11) is 0. The van der Waals surface area contributed by atoms with Gasteiger partial charge in [0.25, 0.3) is 0 Å². The van der Waals surface area contributed by atoms with Crippen LogP contribution in [-0.2, 0) is 10.8 Å². The highest BCUT2D eigenvalue weighted by molar-refractivity contribution is 5.85. The zero-order valence-corrected chi connectivity index (χ0v) is 20.5.